The molecule has 1 N–H and O–H groups in total. The van der Waals surface area contributed by atoms with Crippen LogP contribution in [0, 0.1) is 0 Å². The maximum Gasteiger partial charge on any atom is 0.265 e. The van der Waals surface area contributed by atoms with Crippen LogP contribution in [-0.4, -0.2) is 38.1 Å². The fraction of sp³-hybridized carbons (Fsp3) is 0.391. The minimum atomic E-state index is -0.124. The van der Waals surface area contributed by atoms with E-state index < -0.39 is 0 Å². The van der Waals surface area contributed by atoms with Gasteiger partial charge in [0.25, 0.3) is 5.91 Å². The van der Waals surface area contributed by atoms with E-state index in [0.717, 1.165) is 30.2 Å². The summed E-state index contributed by atoms with van der Waals surface area (Å²) in [7, 11) is 0. The van der Waals surface area contributed by atoms with Crippen molar-refractivity contribution in [2.75, 3.05) is 41.4 Å². The SMILES string of the molecule is O=C(CCN1C(=O)COc2ccccc21)Nc1ccccc1N1CCCCCC1. The van der Waals surface area contributed by atoms with Crippen LogP contribution in [0.4, 0.5) is 17.1 Å². The number of fused-ring (bicyclic) bond motifs is 1. The molecule has 0 aromatic heterocycles. The van der Waals surface area contributed by atoms with Crippen molar-refractivity contribution in [2.45, 2.75) is 32.1 Å². The number of para-hydroxylation sites is 4. The van der Waals surface area contributed by atoms with E-state index in [1.807, 2.05) is 42.5 Å². The van der Waals surface area contributed by atoms with E-state index >= 15 is 0 Å². The summed E-state index contributed by atoms with van der Waals surface area (Å²) in [6.07, 6.45) is 5.12. The number of carbonyl (C=O) groups excluding carboxylic acids is 2. The van der Waals surface area contributed by atoms with Gasteiger partial charge in [-0.3, -0.25) is 9.59 Å². The number of amides is 2. The predicted molar refractivity (Wildman–Crippen MR) is 115 cm³/mol. The van der Waals surface area contributed by atoms with Gasteiger partial charge < -0.3 is 19.9 Å². The van der Waals surface area contributed by atoms with Crippen LogP contribution >= 0.6 is 0 Å². The van der Waals surface area contributed by atoms with Gasteiger partial charge in [-0.25, -0.2) is 0 Å². The summed E-state index contributed by atoms with van der Waals surface area (Å²) < 4.78 is 5.46. The van der Waals surface area contributed by atoms with Crippen LogP contribution in [-0.2, 0) is 9.59 Å². The average Bonchev–Trinajstić information content (AvgIpc) is 3.03. The molecule has 6 heteroatoms. The molecule has 0 spiro atoms. The number of hydrogen-bond donors (Lipinski definition) is 1. The first kappa shape index (κ1) is 19.3. The van der Waals surface area contributed by atoms with Gasteiger partial charge in [0.15, 0.2) is 6.61 Å². The van der Waals surface area contributed by atoms with Crippen molar-refractivity contribution >= 4 is 28.9 Å². The second-order valence-electron chi connectivity index (χ2n) is 7.52. The fourth-order valence-electron chi connectivity index (χ4n) is 3.99. The smallest absolute Gasteiger partial charge is 0.265 e. The van der Waals surface area contributed by atoms with E-state index in [1.165, 1.54) is 25.7 Å². The fourth-order valence-corrected chi connectivity index (χ4v) is 3.99. The molecule has 1 fully saturated rings. The number of rotatable bonds is 5. The monoisotopic (exact) mass is 393 g/mol. The molecule has 0 aliphatic carbocycles. The van der Waals surface area contributed by atoms with Crippen molar-refractivity contribution in [1.82, 2.24) is 0 Å². The molecule has 0 atom stereocenters. The highest BCUT2D eigenvalue weighted by atomic mass is 16.5. The first-order valence-corrected chi connectivity index (χ1v) is 10.4. The van der Waals surface area contributed by atoms with Crippen LogP contribution in [0.3, 0.4) is 0 Å². The molecular weight excluding hydrogens is 366 g/mol. The molecule has 2 aliphatic heterocycles. The van der Waals surface area contributed by atoms with Gasteiger partial charge in [0.2, 0.25) is 5.91 Å². The Bertz CT molecular complexity index is 875. The lowest BCUT2D eigenvalue weighted by atomic mass is 10.2. The van der Waals surface area contributed by atoms with Gasteiger partial charge >= 0.3 is 0 Å². The largest absolute Gasteiger partial charge is 0.482 e. The number of anilines is 3. The van der Waals surface area contributed by atoms with Crippen molar-refractivity contribution in [3.8, 4) is 5.75 Å². The van der Waals surface area contributed by atoms with Crippen LogP contribution in [0.1, 0.15) is 32.1 Å². The zero-order chi connectivity index (χ0) is 20.1. The molecule has 29 heavy (non-hydrogen) atoms. The summed E-state index contributed by atoms with van der Waals surface area (Å²) in [5, 5.41) is 3.06. The number of nitrogens with zero attached hydrogens (tertiary/aromatic N) is 2. The molecular formula is C23H27N3O3. The van der Waals surface area contributed by atoms with Crippen LogP contribution in [0.5, 0.6) is 5.75 Å². The van der Waals surface area contributed by atoms with Crippen molar-refractivity contribution in [1.29, 1.82) is 0 Å². The number of ether oxygens (including phenoxy) is 1. The molecule has 0 saturated carbocycles. The highest BCUT2D eigenvalue weighted by molar-refractivity contribution is 5.99. The Morgan fingerprint density at radius 2 is 1.62 bits per heavy atom. The molecule has 0 unspecified atom stereocenters. The maximum absolute atomic E-state index is 12.7. The van der Waals surface area contributed by atoms with Gasteiger partial charge in [0, 0.05) is 26.1 Å². The van der Waals surface area contributed by atoms with E-state index in [2.05, 4.69) is 16.3 Å². The summed E-state index contributed by atoms with van der Waals surface area (Å²) in [4.78, 5) is 29.0. The first-order valence-electron chi connectivity index (χ1n) is 10.4. The van der Waals surface area contributed by atoms with Crippen LogP contribution < -0.4 is 19.9 Å². The van der Waals surface area contributed by atoms with Crippen LogP contribution in [0.15, 0.2) is 48.5 Å². The molecule has 0 radical (unpaired) electrons. The Morgan fingerprint density at radius 1 is 0.931 bits per heavy atom. The number of hydrogen-bond acceptors (Lipinski definition) is 4. The summed E-state index contributed by atoms with van der Waals surface area (Å²) in [5.41, 5.74) is 2.64. The van der Waals surface area contributed by atoms with Crippen molar-refractivity contribution in [3.05, 3.63) is 48.5 Å². The Labute approximate surface area is 171 Å². The van der Waals surface area contributed by atoms with Gasteiger partial charge in [-0.15, -0.1) is 0 Å². The number of benzene rings is 2. The van der Waals surface area contributed by atoms with Gasteiger partial charge in [-0.2, -0.15) is 0 Å². The lowest BCUT2D eigenvalue weighted by Crippen LogP contribution is -2.40. The lowest BCUT2D eigenvalue weighted by Gasteiger charge is -2.29. The maximum atomic E-state index is 12.7. The van der Waals surface area contributed by atoms with E-state index in [1.54, 1.807) is 4.90 Å². The van der Waals surface area contributed by atoms with Gasteiger partial charge in [0.1, 0.15) is 5.75 Å². The average molecular weight is 393 g/mol. The van der Waals surface area contributed by atoms with Gasteiger partial charge in [-0.1, -0.05) is 37.1 Å². The van der Waals surface area contributed by atoms with Gasteiger partial charge in [0.05, 0.1) is 17.1 Å². The number of carbonyl (C=O) groups is 2. The first-order chi connectivity index (χ1) is 14.2. The summed E-state index contributed by atoms with van der Waals surface area (Å²) in [6.45, 7) is 2.38. The molecule has 6 nitrogen and oxygen atoms in total. The van der Waals surface area contributed by atoms with Crippen molar-refractivity contribution in [2.24, 2.45) is 0 Å². The van der Waals surface area contributed by atoms with E-state index in [-0.39, 0.29) is 24.8 Å². The third-order valence-corrected chi connectivity index (χ3v) is 5.50. The highest BCUT2D eigenvalue weighted by Crippen LogP contribution is 2.32. The van der Waals surface area contributed by atoms with E-state index in [0.29, 0.717) is 12.3 Å². The third-order valence-electron chi connectivity index (χ3n) is 5.50. The zero-order valence-corrected chi connectivity index (χ0v) is 16.6. The Morgan fingerprint density at radius 3 is 2.41 bits per heavy atom. The van der Waals surface area contributed by atoms with Gasteiger partial charge in [-0.05, 0) is 37.1 Å². The molecule has 0 bridgehead atoms. The molecule has 152 valence electrons. The van der Waals surface area contributed by atoms with Crippen molar-refractivity contribution in [3.63, 3.8) is 0 Å². The molecule has 4 rings (SSSR count). The normalized spacial score (nSPS) is 16.6. The quantitative estimate of drug-likeness (QED) is 0.839. The van der Waals surface area contributed by atoms with Crippen LogP contribution in [0.25, 0.3) is 0 Å². The summed E-state index contributed by atoms with van der Waals surface area (Å²) in [6, 6.07) is 15.4. The molecule has 2 aliphatic rings. The summed E-state index contributed by atoms with van der Waals surface area (Å²) in [5.74, 6) is 0.463. The lowest BCUT2D eigenvalue weighted by molar-refractivity contribution is -0.121. The van der Waals surface area contributed by atoms with Crippen LogP contribution in [0.2, 0.25) is 0 Å². The second-order valence-corrected chi connectivity index (χ2v) is 7.52. The minimum absolute atomic E-state index is 0.0103. The topological polar surface area (TPSA) is 61.9 Å². The van der Waals surface area contributed by atoms with E-state index in [9.17, 15) is 9.59 Å². The Balaban J connectivity index is 1.41. The Kier molecular flexibility index (Phi) is 5.98. The molecule has 2 heterocycles. The molecule has 2 aromatic rings. The zero-order valence-electron chi connectivity index (χ0n) is 16.6. The minimum Gasteiger partial charge on any atom is -0.482 e. The standard InChI is InChI=1S/C23H27N3O3/c27-22(13-16-26-20-11-5-6-12-21(20)29-17-23(26)28)24-18-9-3-4-10-19(18)25-14-7-1-2-8-15-25/h3-6,9-12H,1-2,7-8,13-17H2,(H,24,27). The molecule has 2 aromatic carbocycles. The molecule has 2 amide bonds. The Hall–Kier alpha value is -3.02. The van der Waals surface area contributed by atoms with E-state index in [4.69, 9.17) is 4.74 Å². The van der Waals surface area contributed by atoms with Crippen molar-refractivity contribution < 1.29 is 14.3 Å². The summed E-state index contributed by atoms with van der Waals surface area (Å²) >= 11 is 0. The second kappa shape index (κ2) is 8.99. The predicted octanol–water partition coefficient (Wildman–Crippen LogP) is 3.82. The third kappa shape index (κ3) is 4.53. The highest BCUT2D eigenvalue weighted by Gasteiger charge is 2.25. The molecule has 1 saturated heterocycles. The number of nitrogens with one attached hydrogen (secondary N) is 1.